The number of hydrogen-bond acceptors (Lipinski definition) is 5. The molecule has 144 valence electrons. The van der Waals surface area contributed by atoms with Crippen molar-refractivity contribution in [1.82, 2.24) is 15.3 Å². The molecule has 5 nitrogen and oxygen atoms in total. The lowest BCUT2D eigenvalue weighted by Crippen LogP contribution is -2.29. The van der Waals surface area contributed by atoms with Gasteiger partial charge in [0.1, 0.15) is 5.82 Å². The first-order valence-electron chi connectivity index (χ1n) is 9.57. The van der Waals surface area contributed by atoms with Gasteiger partial charge >= 0.3 is 0 Å². The van der Waals surface area contributed by atoms with E-state index in [1.54, 1.807) is 11.8 Å². The van der Waals surface area contributed by atoms with Crippen molar-refractivity contribution in [1.29, 1.82) is 0 Å². The molecule has 0 aliphatic carbocycles. The summed E-state index contributed by atoms with van der Waals surface area (Å²) in [6, 6.07) is 7.91. The third kappa shape index (κ3) is 5.01. The molecule has 27 heavy (non-hydrogen) atoms. The van der Waals surface area contributed by atoms with Crippen LogP contribution in [0.2, 0.25) is 0 Å². The smallest absolute Gasteiger partial charge is 0.251 e. The molecule has 0 spiro atoms. The summed E-state index contributed by atoms with van der Waals surface area (Å²) in [5, 5.41) is 3.73. The molecule has 1 aromatic carbocycles. The van der Waals surface area contributed by atoms with E-state index in [0.717, 1.165) is 41.1 Å². The Balaban J connectivity index is 1.67. The lowest BCUT2D eigenvalue weighted by atomic mass is 10.1. The summed E-state index contributed by atoms with van der Waals surface area (Å²) < 4.78 is 0. The fourth-order valence-corrected chi connectivity index (χ4v) is 3.98. The molecule has 1 aliphatic heterocycles. The Morgan fingerprint density at radius 1 is 1.15 bits per heavy atom. The van der Waals surface area contributed by atoms with E-state index < -0.39 is 0 Å². The number of hydrogen-bond donors (Lipinski definition) is 1. The van der Waals surface area contributed by atoms with Crippen LogP contribution in [0.3, 0.4) is 0 Å². The van der Waals surface area contributed by atoms with Gasteiger partial charge in [0.2, 0.25) is 0 Å². The van der Waals surface area contributed by atoms with Crippen molar-refractivity contribution in [2.24, 2.45) is 0 Å². The average Bonchev–Trinajstić information content (AvgIpc) is 3.17. The molecule has 1 aliphatic rings. The monoisotopic (exact) mass is 384 g/mol. The second-order valence-corrected chi connectivity index (χ2v) is 8.29. The molecule has 1 aromatic heterocycles. The molecule has 6 heteroatoms. The summed E-state index contributed by atoms with van der Waals surface area (Å²) in [6.07, 6.45) is 2.48. The van der Waals surface area contributed by atoms with Crippen LogP contribution in [-0.4, -0.2) is 35.0 Å². The number of benzene rings is 1. The fourth-order valence-electron chi connectivity index (χ4n) is 3.14. The van der Waals surface area contributed by atoms with Crippen molar-refractivity contribution in [3.8, 4) is 0 Å². The highest BCUT2D eigenvalue weighted by atomic mass is 32.2. The molecule has 0 atom stereocenters. The van der Waals surface area contributed by atoms with E-state index in [9.17, 15) is 4.79 Å². The molecule has 0 saturated carbocycles. The van der Waals surface area contributed by atoms with Gasteiger partial charge in [0.05, 0.1) is 0 Å². The number of nitrogens with one attached hydrogen (secondary N) is 1. The van der Waals surface area contributed by atoms with Gasteiger partial charge in [-0.1, -0.05) is 23.9 Å². The zero-order valence-electron chi connectivity index (χ0n) is 16.6. The molecule has 2 heterocycles. The Hall–Kier alpha value is -2.08. The number of thioether (sulfide) groups is 1. The van der Waals surface area contributed by atoms with Gasteiger partial charge in [0, 0.05) is 41.7 Å². The van der Waals surface area contributed by atoms with Crippen molar-refractivity contribution < 1.29 is 4.79 Å². The van der Waals surface area contributed by atoms with Gasteiger partial charge < -0.3 is 10.2 Å². The molecule has 0 unspecified atom stereocenters. The lowest BCUT2D eigenvalue weighted by Gasteiger charge is -2.20. The number of aromatic nitrogens is 2. The minimum atomic E-state index is -0.0306. The highest BCUT2D eigenvalue weighted by Crippen LogP contribution is 2.28. The van der Waals surface area contributed by atoms with Gasteiger partial charge in [-0.25, -0.2) is 9.97 Å². The van der Waals surface area contributed by atoms with E-state index in [1.807, 2.05) is 38.1 Å². The minimum Gasteiger partial charge on any atom is -0.356 e. The molecular formula is C21H28N4OS. The SMILES string of the molecule is Cc1nc(SCc2ccc(C(=O)NC(C)C)cc2)nc(N2CCCC2)c1C. The molecule has 1 N–H and O–H groups in total. The van der Waals surface area contributed by atoms with Gasteiger partial charge in [0.25, 0.3) is 5.91 Å². The standard InChI is InChI=1S/C21H28N4OS/c1-14(2)22-20(26)18-9-7-17(8-10-18)13-27-21-23-16(4)15(3)19(24-21)25-11-5-6-12-25/h7-10,14H,5-6,11-13H2,1-4H3,(H,22,26). The van der Waals surface area contributed by atoms with Crippen LogP contribution in [0.4, 0.5) is 5.82 Å². The van der Waals surface area contributed by atoms with Crippen LogP contribution in [0.25, 0.3) is 0 Å². The van der Waals surface area contributed by atoms with Gasteiger partial charge in [-0.2, -0.15) is 0 Å². The predicted octanol–water partition coefficient (Wildman–Crippen LogP) is 4.12. The summed E-state index contributed by atoms with van der Waals surface area (Å²) >= 11 is 1.64. The normalized spacial score (nSPS) is 14.0. The van der Waals surface area contributed by atoms with Gasteiger partial charge in [0.15, 0.2) is 5.16 Å². The number of anilines is 1. The van der Waals surface area contributed by atoms with E-state index in [1.165, 1.54) is 18.4 Å². The molecule has 3 rings (SSSR count). The number of aryl methyl sites for hydroxylation is 1. The van der Waals surface area contributed by atoms with Crippen molar-refractivity contribution in [2.75, 3.05) is 18.0 Å². The molecule has 1 saturated heterocycles. The van der Waals surface area contributed by atoms with E-state index in [2.05, 4.69) is 29.0 Å². The number of carbonyl (C=O) groups excluding carboxylic acids is 1. The first-order valence-corrected chi connectivity index (χ1v) is 10.6. The van der Waals surface area contributed by atoms with E-state index >= 15 is 0 Å². The summed E-state index contributed by atoms with van der Waals surface area (Å²) in [5.41, 5.74) is 4.08. The lowest BCUT2D eigenvalue weighted by molar-refractivity contribution is 0.0943. The number of rotatable bonds is 6. The Kier molecular flexibility index (Phi) is 6.37. The Bertz CT molecular complexity index is 799. The van der Waals surface area contributed by atoms with Gasteiger partial charge in [-0.15, -0.1) is 0 Å². The Morgan fingerprint density at radius 2 is 1.81 bits per heavy atom. The fraction of sp³-hybridized carbons (Fsp3) is 0.476. The molecule has 2 aromatic rings. The molecule has 0 radical (unpaired) electrons. The van der Waals surface area contributed by atoms with Crippen molar-refractivity contribution in [2.45, 2.75) is 57.5 Å². The zero-order chi connectivity index (χ0) is 19.4. The van der Waals surface area contributed by atoms with Crippen molar-refractivity contribution in [3.63, 3.8) is 0 Å². The van der Waals surface area contributed by atoms with E-state index in [-0.39, 0.29) is 11.9 Å². The van der Waals surface area contributed by atoms with Gasteiger partial charge in [-0.05, 0) is 58.2 Å². The van der Waals surface area contributed by atoms with Gasteiger partial charge in [-0.3, -0.25) is 4.79 Å². The van der Waals surface area contributed by atoms with Crippen LogP contribution in [0.1, 0.15) is 53.9 Å². The molecule has 1 amide bonds. The summed E-state index contributed by atoms with van der Waals surface area (Å²) in [4.78, 5) is 23.9. The first kappa shape index (κ1) is 19.7. The van der Waals surface area contributed by atoms with E-state index in [0.29, 0.717) is 5.56 Å². The molecule has 1 fully saturated rings. The van der Waals surface area contributed by atoms with Crippen LogP contribution in [0.5, 0.6) is 0 Å². The second-order valence-electron chi connectivity index (χ2n) is 7.35. The van der Waals surface area contributed by atoms with E-state index in [4.69, 9.17) is 4.98 Å². The van der Waals surface area contributed by atoms with Crippen LogP contribution in [0, 0.1) is 13.8 Å². The highest BCUT2D eigenvalue weighted by Gasteiger charge is 2.18. The van der Waals surface area contributed by atoms with Crippen molar-refractivity contribution >= 4 is 23.5 Å². The minimum absolute atomic E-state index is 0.0306. The van der Waals surface area contributed by atoms with Crippen LogP contribution >= 0.6 is 11.8 Å². The van der Waals surface area contributed by atoms with Crippen LogP contribution < -0.4 is 10.2 Å². The van der Waals surface area contributed by atoms with Crippen LogP contribution in [-0.2, 0) is 5.75 Å². The predicted molar refractivity (Wildman–Crippen MR) is 112 cm³/mol. The van der Waals surface area contributed by atoms with Crippen molar-refractivity contribution in [3.05, 3.63) is 46.6 Å². The second kappa shape index (κ2) is 8.74. The maximum absolute atomic E-state index is 12.0. The number of carbonyl (C=O) groups is 1. The van der Waals surface area contributed by atoms with Crippen LogP contribution in [0.15, 0.2) is 29.4 Å². The average molecular weight is 385 g/mol. The summed E-state index contributed by atoms with van der Waals surface area (Å²) in [6.45, 7) is 10.3. The Morgan fingerprint density at radius 3 is 2.44 bits per heavy atom. The quantitative estimate of drug-likeness (QED) is 0.600. The summed E-state index contributed by atoms with van der Waals surface area (Å²) in [7, 11) is 0. The largest absolute Gasteiger partial charge is 0.356 e. The summed E-state index contributed by atoms with van der Waals surface area (Å²) in [5.74, 6) is 1.84. The highest BCUT2D eigenvalue weighted by molar-refractivity contribution is 7.98. The topological polar surface area (TPSA) is 58.1 Å². The zero-order valence-corrected chi connectivity index (χ0v) is 17.4. The maximum atomic E-state index is 12.0. The third-order valence-corrected chi connectivity index (χ3v) is 5.67. The first-order chi connectivity index (χ1) is 12.9. The number of nitrogens with zero attached hydrogens (tertiary/aromatic N) is 3. The third-order valence-electron chi connectivity index (χ3n) is 4.75. The maximum Gasteiger partial charge on any atom is 0.251 e. The number of amides is 1. The molecular weight excluding hydrogens is 356 g/mol. The Labute approximate surface area is 166 Å². The molecule has 0 bridgehead atoms.